The molecule has 1 rings (SSSR count). The largest absolute Gasteiger partial charge is 0.280 e. The third-order valence-electron chi connectivity index (χ3n) is 1.55. The first-order valence-electron chi connectivity index (χ1n) is 3.53. The van der Waals surface area contributed by atoms with Crippen LogP contribution in [-0.4, -0.2) is 4.98 Å². The minimum Gasteiger partial charge on any atom is -0.236 e. The zero-order valence-electron chi connectivity index (χ0n) is 6.77. The standard InChI is InChI=1S/C8H4BrF3N2/c9-2-4-5(10)1-6(8(11)12)14-7(4)3-13/h1,8H,2H2. The molecule has 0 bridgehead atoms. The molecule has 6 heteroatoms. The molecule has 1 heterocycles. The first kappa shape index (κ1) is 11.0. The number of pyridine rings is 1. The fourth-order valence-corrected chi connectivity index (χ4v) is 1.42. The Bertz CT molecular complexity index is 387. The van der Waals surface area contributed by atoms with Crippen molar-refractivity contribution in [3.8, 4) is 6.07 Å². The van der Waals surface area contributed by atoms with Crippen LogP contribution in [0.1, 0.15) is 23.4 Å². The van der Waals surface area contributed by atoms with Crippen LogP contribution in [0.15, 0.2) is 6.07 Å². The summed E-state index contributed by atoms with van der Waals surface area (Å²) in [5.41, 5.74) is -1.03. The second kappa shape index (κ2) is 4.42. The Morgan fingerprint density at radius 3 is 2.64 bits per heavy atom. The van der Waals surface area contributed by atoms with E-state index in [1.165, 1.54) is 0 Å². The summed E-state index contributed by atoms with van der Waals surface area (Å²) in [5.74, 6) is -0.844. The van der Waals surface area contributed by atoms with Gasteiger partial charge in [-0.25, -0.2) is 18.2 Å². The molecule has 1 aromatic rings. The van der Waals surface area contributed by atoms with Gasteiger partial charge in [0.15, 0.2) is 0 Å². The normalized spacial score (nSPS) is 10.3. The van der Waals surface area contributed by atoms with Crippen molar-refractivity contribution in [2.75, 3.05) is 0 Å². The first-order valence-corrected chi connectivity index (χ1v) is 4.65. The maximum atomic E-state index is 13.1. The minimum absolute atomic E-state index is 0.00287. The number of rotatable bonds is 2. The molecule has 0 amide bonds. The lowest BCUT2D eigenvalue weighted by atomic mass is 10.2. The SMILES string of the molecule is N#Cc1nc(C(F)F)cc(F)c1CBr. The molecule has 0 saturated heterocycles. The summed E-state index contributed by atoms with van der Waals surface area (Å²) in [7, 11) is 0. The van der Waals surface area contributed by atoms with E-state index in [0.717, 1.165) is 0 Å². The molecule has 74 valence electrons. The summed E-state index contributed by atoms with van der Waals surface area (Å²) >= 11 is 2.94. The van der Waals surface area contributed by atoms with Crippen molar-refractivity contribution >= 4 is 15.9 Å². The third-order valence-corrected chi connectivity index (χ3v) is 2.11. The highest BCUT2D eigenvalue weighted by atomic mass is 79.9. The van der Waals surface area contributed by atoms with Crippen LogP contribution < -0.4 is 0 Å². The second-order valence-electron chi connectivity index (χ2n) is 2.40. The van der Waals surface area contributed by atoms with E-state index in [-0.39, 0.29) is 16.6 Å². The van der Waals surface area contributed by atoms with Gasteiger partial charge >= 0.3 is 0 Å². The highest BCUT2D eigenvalue weighted by Gasteiger charge is 2.16. The summed E-state index contributed by atoms with van der Waals surface area (Å²) < 4.78 is 37.4. The van der Waals surface area contributed by atoms with E-state index in [1.807, 2.05) is 0 Å². The summed E-state index contributed by atoms with van der Waals surface area (Å²) in [4.78, 5) is 3.34. The highest BCUT2D eigenvalue weighted by Crippen LogP contribution is 2.22. The van der Waals surface area contributed by atoms with Gasteiger partial charge in [-0.15, -0.1) is 0 Å². The van der Waals surface area contributed by atoms with Crippen molar-refractivity contribution in [2.24, 2.45) is 0 Å². The van der Waals surface area contributed by atoms with Gasteiger partial charge < -0.3 is 0 Å². The smallest absolute Gasteiger partial charge is 0.236 e. The van der Waals surface area contributed by atoms with Gasteiger partial charge in [-0.3, -0.25) is 0 Å². The van der Waals surface area contributed by atoms with Gasteiger partial charge in [0, 0.05) is 17.0 Å². The van der Waals surface area contributed by atoms with Gasteiger partial charge in [-0.2, -0.15) is 5.26 Å². The van der Waals surface area contributed by atoms with Gasteiger partial charge in [-0.05, 0) is 0 Å². The van der Waals surface area contributed by atoms with E-state index in [2.05, 4.69) is 20.9 Å². The van der Waals surface area contributed by atoms with Gasteiger partial charge in [0.25, 0.3) is 6.43 Å². The minimum atomic E-state index is -2.87. The van der Waals surface area contributed by atoms with Crippen LogP contribution in [-0.2, 0) is 5.33 Å². The van der Waals surface area contributed by atoms with E-state index >= 15 is 0 Å². The summed E-state index contributed by atoms with van der Waals surface area (Å²) in [6, 6.07) is 2.21. The number of aromatic nitrogens is 1. The van der Waals surface area contributed by atoms with Crippen molar-refractivity contribution in [2.45, 2.75) is 11.8 Å². The lowest BCUT2D eigenvalue weighted by Crippen LogP contribution is -2.01. The molecule has 0 unspecified atom stereocenters. The molecule has 0 aromatic carbocycles. The van der Waals surface area contributed by atoms with Crippen LogP contribution in [0.3, 0.4) is 0 Å². The lowest BCUT2D eigenvalue weighted by molar-refractivity contribution is 0.145. The highest BCUT2D eigenvalue weighted by molar-refractivity contribution is 9.08. The van der Waals surface area contributed by atoms with E-state index in [1.54, 1.807) is 6.07 Å². The second-order valence-corrected chi connectivity index (χ2v) is 2.96. The average molecular weight is 265 g/mol. The Kier molecular flexibility index (Phi) is 3.47. The molecule has 0 aliphatic heterocycles. The summed E-state index contributed by atoms with van der Waals surface area (Å²) in [6.07, 6.45) is -2.87. The van der Waals surface area contributed by atoms with Crippen molar-refractivity contribution in [3.63, 3.8) is 0 Å². The van der Waals surface area contributed by atoms with Crippen LogP contribution in [0.5, 0.6) is 0 Å². The molecule has 0 radical (unpaired) electrons. The number of nitrogens with zero attached hydrogens (tertiary/aromatic N) is 2. The Morgan fingerprint density at radius 2 is 2.21 bits per heavy atom. The van der Waals surface area contributed by atoms with Crippen molar-refractivity contribution < 1.29 is 13.2 Å². The predicted molar refractivity (Wildman–Crippen MR) is 46.5 cm³/mol. The number of hydrogen-bond acceptors (Lipinski definition) is 2. The van der Waals surface area contributed by atoms with Gasteiger partial charge in [0.1, 0.15) is 23.3 Å². The molecule has 0 saturated carbocycles. The summed E-state index contributed by atoms with van der Waals surface area (Å²) in [6.45, 7) is 0. The molecule has 0 N–H and O–H groups in total. The van der Waals surface area contributed by atoms with Crippen molar-refractivity contribution in [1.29, 1.82) is 5.26 Å². The van der Waals surface area contributed by atoms with E-state index in [9.17, 15) is 13.2 Å². The number of nitriles is 1. The van der Waals surface area contributed by atoms with E-state index in [4.69, 9.17) is 5.26 Å². The molecule has 14 heavy (non-hydrogen) atoms. The average Bonchev–Trinajstić information content (AvgIpc) is 2.16. The number of alkyl halides is 3. The molecule has 2 nitrogen and oxygen atoms in total. The van der Waals surface area contributed by atoms with Gasteiger partial charge in [0.2, 0.25) is 0 Å². The topological polar surface area (TPSA) is 36.7 Å². The van der Waals surface area contributed by atoms with Crippen LogP contribution >= 0.6 is 15.9 Å². The zero-order chi connectivity index (χ0) is 10.7. The maximum absolute atomic E-state index is 13.1. The quantitative estimate of drug-likeness (QED) is 0.771. The molecule has 0 aliphatic rings. The molecule has 0 fully saturated rings. The molecular formula is C8H4BrF3N2. The van der Waals surface area contributed by atoms with Crippen LogP contribution in [0.4, 0.5) is 13.2 Å². The number of halogens is 4. The van der Waals surface area contributed by atoms with E-state index in [0.29, 0.717) is 6.07 Å². The Morgan fingerprint density at radius 1 is 1.57 bits per heavy atom. The molecule has 0 atom stereocenters. The molecule has 0 spiro atoms. The van der Waals surface area contributed by atoms with Crippen LogP contribution in [0, 0.1) is 17.1 Å². The third kappa shape index (κ3) is 2.04. The summed E-state index contributed by atoms with van der Waals surface area (Å²) in [5, 5.41) is 8.60. The number of hydrogen-bond donors (Lipinski definition) is 0. The Balaban J connectivity index is 3.33. The molecule has 0 aliphatic carbocycles. The van der Waals surface area contributed by atoms with Crippen LogP contribution in [0.25, 0.3) is 0 Å². The Hall–Kier alpha value is -1.09. The molecular weight excluding hydrogens is 261 g/mol. The van der Waals surface area contributed by atoms with Crippen molar-refractivity contribution in [1.82, 2.24) is 4.98 Å². The monoisotopic (exact) mass is 264 g/mol. The van der Waals surface area contributed by atoms with Crippen LogP contribution in [0.2, 0.25) is 0 Å². The first-order chi connectivity index (χ1) is 6.60. The van der Waals surface area contributed by atoms with Gasteiger partial charge in [-0.1, -0.05) is 15.9 Å². The van der Waals surface area contributed by atoms with Gasteiger partial charge in [0.05, 0.1) is 0 Å². The lowest BCUT2D eigenvalue weighted by Gasteiger charge is -2.04. The van der Waals surface area contributed by atoms with E-state index < -0.39 is 17.9 Å². The zero-order valence-corrected chi connectivity index (χ0v) is 8.35. The maximum Gasteiger partial charge on any atom is 0.280 e. The Labute approximate surface area is 86.5 Å². The predicted octanol–water partition coefficient (Wildman–Crippen LogP) is 2.92. The molecule has 1 aromatic heterocycles. The fourth-order valence-electron chi connectivity index (χ4n) is 0.890. The van der Waals surface area contributed by atoms with Crippen molar-refractivity contribution in [3.05, 3.63) is 28.8 Å². The fraction of sp³-hybridized carbons (Fsp3) is 0.250.